The predicted molar refractivity (Wildman–Crippen MR) is 204 cm³/mol. The number of fused-ring (bicyclic) bond motifs is 2. The van der Waals surface area contributed by atoms with Crippen LogP contribution in [0.2, 0.25) is 13.1 Å². The minimum absolute atomic E-state index is 0. The maximum atomic E-state index is 2.35. The van der Waals surface area contributed by atoms with Crippen molar-refractivity contribution in [3.63, 3.8) is 0 Å². The predicted octanol–water partition coefficient (Wildman–Crippen LogP) is 7.27. The zero-order valence-corrected chi connectivity index (χ0v) is 35.7. The van der Waals surface area contributed by atoms with Gasteiger partial charge in [0, 0.05) is 0 Å². The third kappa shape index (κ3) is 10.9. The molecule has 6 aromatic rings. The molecule has 48 heavy (non-hydrogen) atoms. The van der Waals surface area contributed by atoms with Crippen molar-refractivity contribution in [2.24, 2.45) is 0 Å². The molecule has 252 valence electrons. The van der Waals surface area contributed by atoms with Crippen LogP contribution < -0.4 is 24.8 Å². The molecular weight excluding hydrogens is 719 g/mol. The normalized spacial score (nSPS) is 11.2. The fourth-order valence-electron chi connectivity index (χ4n) is 5.78. The Labute approximate surface area is 318 Å². The van der Waals surface area contributed by atoms with E-state index in [1.807, 2.05) is 0 Å². The molecule has 0 fully saturated rings. The number of rotatable bonds is 3. The van der Waals surface area contributed by atoms with Crippen molar-refractivity contribution in [1.29, 1.82) is 0 Å². The maximum Gasteiger partial charge on any atom is -0.0132 e. The summed E-state index contributed by atoms with van der Waals surface area (Å²) in [5.74, 6) is 0.573. The third-order valence-corrected chi connectivity index (χ3v) is 8.46. The van der Waals surface area contributed by atoms with Gasteiger partial charge in [-0.1, -0.05) is 134 Å². The summed E-state index contributed by atoms with van der Waals surface area (Å²) in [6.45, 7) is 24.8. The average molecular weight is 771 g/mol. The summed E-state index contributed by atoms with van der Waals surface area (Å²) in [4.78, 5) is 0. The Morgan fingerprint density at radius 1 is 0.583 bits per heavy atom. The Bertz CT molecular complexity index is 1900. The van der Waals surface area contributed by atoms with Crippen LogP contribution in [0.25, 0.3) is 43.8 Å². The first-order valence-corrected chi connectivity index (χ1v) is 22.8. The molecule has 6 aromatic carbocycles. The van der Waals surface area contributed by atoms with Crippen LogP contribution in [-0.4, -0.2) is 5.43 Å². The first-order chi connectivity index (χ1) is 21.5. The van der Waals surface area contributed by atoms with Crippen LogP contribution in [0.5, 0.6) is 0 Å². The smallest absolute Gasteiger partial charge is 0.0132 e. The van der Waals surface area contributed by atoms with Gasteiger partial charge in [0.1, 0.15) is 0 Å². The largest absolute Gasteiger partial charge is 1.00 e. The molecule has 0 aromatic heterocycles. The molecule has 0 aliphatic rings. The van der Waals surface area contributed by atoms with Crippen LogP contribution in [0.1, 0.15) is 83.6 Å². The van der Waals surface area contributed by atoms with Crippen molar-refractivity contribution in [3.05, 3.63) is 131 Å². The Balaban J connectivity index is 0.000000290. The van der Waals surface area contributed by atoms with Crippen molar-refractivity contribution in [2.45, 2.75) is 92.2 Å². The molecule has 0 amide bonds. The second kappa shape index (κ2) is 17.6. The zero-order valence-electron chi connectivity index (χ0n) is 30.7. The van der Waals surface area contributed by atoms with Gasteiger partial charge in [-0.05, 0) is 39.0 Å². The summed E-state index contributed by atoms with van der Waals surface area (Å²) in [6, 6.07) is 40.4. The Hall–Kier alpha value is -2.22. The van der Waals surface area contributed by atoms with Gasteiger partial charge in [-0.3, -0.25) is 0 Å². The van der Waals surface area contributed by atoms with E-state index in [1.165, 1.54) is 66.1 Å². The molecule has 0 spiro atoms. The molecule has 4 heteroatoms. The first-order valence-electron chi connectivity index (χ1n) is 16.6. The Morgan fingerprint density at radius 3 is 1.33 bits per heavy atom. The summed E-state index contributed by atoms with van der Waals surface area (Å²) in [6.07, 6.45) is 0. The zero-order chi connectivity index (χ0) is 33.8. The van der Waals surface area contributed by atoms with E-state index < -0.39 is 0 Å². The van der Waals surface area contributed by atoms with E-state index in [-0.39, 0.29) is 41.1 Å². The maximum absolute atomic E-state index is 2.35. The van der Waals surface area contributed by atoms with E-state index in [0.29, 0.717) is 5.92 Å². The van der Waals surface area contributed by atoms with E-state index in [0.717, 1.165) is 0 Å². The summed E-state index contributed by atoms with van der Waals surface area (Å²) in [7, 11) is 0. The molecule has 0 saturated heterocycles. The van der Waals surface area contributed by atoms with Crippen molar-refractivity contribution in [1.82, 2.24) is 0 Å². The van der Waals surface area contributed by atoms with Gasteiger partial charge in [0.05, 0.1) is 0 Å². The van der Waals surface area contributed by atoms with Crippen molar-refractivity contribution >= 4 is 27.0 Å². The van der Waals surface area contributed by atoms with Gasteiger partial charge in [-0.15, -0.1) is 69.1 Å². The molecule has 0 aliphatic heterocycles. The van der Waals surface area contributed by atoms with Gasteiger partial charge in [0.25, 0.3) is 0 Å². The summed E-state index contributed by atoms with van der Waals surface area (Å²) < 4.78 is 0. The Morgan fingerprint density at radius 2 is 0.958 bits per heavy atom. The standard InChI is InChI=1S/C22H25.C20H21.C2H6Si.2ClH.Zr/c1-15(2)18-13-17-7-6-8-20(21(17)14-18)16-9-11-19(12-10-16)22(3,4)5;1-14-12-16-6-5-7-18(19(16)13-14)15-8-10-17(11-9-15)20(2,3)4;1-3-2;;;/h6-15H,1-5H3;5-13H,1-4H3;1-2H3;2*1H;/q2*-1;;;;+2/p-2. The molecule has 0 aliphatic carbocycles. The second-order valence-corrected chi connectivity index (χ2v) is 24.6. The van der Waals surface area contributed by atoms with Crippen molar-refractivity contribution < 1.29 is 48.1 Å². The number of aryl methyl sites for hydroxylation is 1. The molecule has 0 atom stereocenters. The number of hydrogen-bond donors (Lipinski definition) is 0. The van der Waals surface area contributed by atoms with Crippen molar-refractivity contribution in [3.8, 4) is 22.3 Å². The average Bonchev–Trinajstić information content (AvgIpc) is 3.59. The van der Waals surface area contributed by atoms with Gasteiger partial charge in [0.2, 0.25) is 0 Å². The molecule has 0 unspecified atom stereocenters. The molecule has 0 N–H and O–H groups in total. The molecule has 0 nitrogen and oxygen atoms in total. The van der Waals surface area contributed by atoms with Crippen LogP contribution in [0.3, 0.4) is 0 Å². The van der Waals surface area contributed by atoms with Crippen LogP contribution in [-0.2, 0) is 34.2 Å². The van der Waals surface area contributed by atoms with E-state index in [4.69, 9.17) is 0 Å². The summed E-state index contributed by atoms with van der Waals surface area (Å²) in [5.41, 5.74) is 11.4. The minimum atomic E-state index is 0. The monoisotopic (exact) mass is 768 g/mol. The van der Waals surface area contributed by atoms with Gasteiger partial charge >= 0.3 is 41.9 Å². The topological polar surface area (TPSA) is 0 Å². The van der Waals surface area contributed by atoms with E-state index in [2.05, 4.69) is 185 Å². The second-order valence-electron chi connectivity index (χ2n) is 15.2. The van der Waals surface area contributed by atoms with Crippen LogP contribution in [0.4, 0.5) is 0 Å². The summed E-state index contributed by atoms with van der Waals surface area (Å²) in [5, 5.41) is 5.41. The molecule has 0 heterocycles. The SMILES string of the molecule is CC(C)c1cc2c(-c3ccc(C(C)(C)C)cc3)cccc2[cH-]1.C[Si](C)=[Zr+2].Cc1cc2c(-c3ccc(C(C)(C)C)cc3)cccc2[cH-]1.[Cl-].[Cl-]. The van der Waals surface area contributed by atoms with Gasteiger partial charge in [0.15, 0.2) is 0 Å². The number of benzene rings is 4. The Kier molecular flexibility index (Phi) is 15.4. The molecular formula is C44H52Cl2SiZr-2. The van der Waals surface area contributed by atoms with E-state index >= 15 is 0 Å². The fraction of sp³-hybridized carbons (Fsp3) is 0.318. The first kappa shape index (κ1) is 41.9. The van der Waals surface area contributed by atoms with E-state index in [9.17, 15) is 0 Å². The van der Waals surface area contributed by atoms with Gasteiger partial charge < -0.3 is 24.8 Å². The molecule has 0 saturated carbocycles. The fourth-order valence-corrected chi connectivity index (χ4v) is 5.78. The molecule has 0 radical (unpaired) electrons. The molecule has 0 bridgehead atoms. The third-order valence-electron chi connectivity index (χ3n) is 8.46. The molecule has 6 rings (SSSR count). The van der Waals surface area contributed by atoms with Crippen LogP contribution >= 0.6 is 0 Å². The van der Waals surface area contributed by atoms with Crippen molar-refractivity contribution in [2.75, 3.05) is 0 Å². The number of hydrogen-bond acceptors (Lipinski definition) is 0. The quantitative estimate of drug-likeness (QED) is 0.131. The van der Waals surface area contributed by atoms with Gasteiger partial charge in [-0.2, -0.15) is 12.1 Å². The summed E-state index contributed by atoms with van der Waals surface area (Å²) >= 11 is 1.74. The van der Waals surface area contributed by atoms with Gasteiger partial charge in [-0.25, -0.2) is 0 Å². The van der Waals surface area contributed by atoms with Crippen LogP contribution in [0.15, 0.2) is 109 Å². The minimum Gasteiger partial charge on any atom is -1.00 e. The number of halogens is 2. The van der Waals surface area contributed by atoms with Crippen LogP contribution in [0, 0.1) is 6.92 Å². The van der Waals surface area contributed by atoms with E-state index in [1.54, 1.807) is 23.3 Å².